The molecule has 98 valence electrons. The molecule has 0 aliphatic carbocycles. The summed E-state index contributed by atoms with van der Waals surface area (Å²) in [5.74, 6) is -0.464. The Balaban J connectivity index is 2.31. The second-order valence-corrected chi connectivity index (χ2v) is 5.50. The molecule has 1 nitrogen and oxygen atoms in total. The highest BCUT2D eigenvalue weighted by Crippen LogP contribution is 2.27. The Morgan fingerprint density at radius 1 is 1.32 bits per heavy atom. The van der Waals surface area contributed by atoms with E-state index in [0.717, 1.165) is 5.56 Å². The summed E-state index contributed by atoms with van der Waals surface area (Å²) >= 11 is 9.37. The monoisotopic (exact) mass is 340 g/mol. The van der Waals surface area contributed by atoms with Crippen LogP contribution in [-0.2, 0) is 6.42 Å². The fourth-order valence-corrected chi connectivity index (χ4v) is 2.42. The number of ketones is 1. The van der Waals surface area contributed by atoms with Crippen molar-refractivity contribution < 1.29 is 9.18 Å². The Morgan fingerprint density at radius 3 is 2.79 bits per heavy atom. The average Bonchev–Trinajstić information content (AvgIpc) is 2.37. The van der Waals surface area contributed by atoms with Crippen molar-refractivity contribution in [2.45, 2.75) is 13.3 Å². The normalized spacial score (nSPS) is 10.5. The van der Waals surface area contributed by atoms with Gasteiger partial charge in [0.1, 0.15) is 5.82 Å². The van der Waals surface area contributed by atoms with E-state index in [9.17, 15) is 9.18 Å². The zero-order chi connectivity index (χ0) is 14.0. The summed E-state index contributed by atoms with van der Waals surface area (Å²) in [6.07, 6.45) is 0.139. The lowest BCUT2D eigenvalue weighted by Gasteiger charge is -2.07. The Labute approximate surface area is 124 Å². The first-order valence-corrected chi connectivity index (χ1v) is 6.88. The minimum Gasteiger partial charge on any atom is -0.294 e. The number of hydrogen-bond donors (Lipinski definition) is 0. The van der Waals surface area contributed by atoms with Crippen molar-refractivity contribution >= 4 is 33.3 Å². The summed E-state index contributed by atoms with van der Waals surface area (Å²) in [4.78, 5) is 12.2. The van der Waals surface area contributed by atoms with Gasteiger partial charge in [0, 0.05) is 16.5 Å². The van der Waals surface area contributed by atoms with Gasteiger partial charge in [-0.2, -0.15) is 0 Å². The van der Waals surface area contributed by atoms with Crippen molar-refractivity contribution in [3.05, 3.63) is 68.4 Å². The molecule has 0 N–H and O–H groups in total. The molecule has 2 aromatic carbocycles. The molecule has 0 radical (unpaired) electrons. The number of Topliss-reactive ketones (excluding diaryl/α,β-unsaturated/α-hetero) is 1. The third kappa shape index (κ3) is 3.23. The van der Waals surface area contributed by atoms with Gasteiger partial charge in [0.25, 0.3) is 0 Å². The first kappa shape index (κ1) is 14.2. The lowest BCUT2D eigenvalue weighted by Crippen LogP contribution is -2.06. The summed E-state index contributed by atoms with van der Waals surface area (Å²) < 4.78 is 13.9. The van der Waals surface area contributed by atoms with Crippen LogP contribution in [0.2, 0.25) is 5.02 Å². The van der Waals surface area contributed by atoms with E-state index >= 15 is 0 Å². The quantitative estimate of drug-likeness (QED) is 0.720. The largest absolute Gasteiger partial charge is 0.294 e. The van der Waals surface area contributed by atoms with Crippen LogP contribution < -0.4 is 0 Å². The van der Waals surface area contributed by atoms with Crippen molar-refractivity contribution in [1.29, 1.82) is 0 Å². The number of benzene rings is 2. The van der Waals surface area contributed by atoms with Gasteiger partial charge in [0.2, 0.25) is 0 Å². The second-order valence-electron chi connectivity index (χ2n) is 4.27. The smallest absolute Gasteiger partial charge is 0.168 e. The van der Waals surface area contributed by atoms with Crippen molar-refractivity contribution in [3.63, 3.8) is 0 Å². The zero-order valence-electron chi connectivity index (χ0n) is 10.2. The van der Waals surface area contributed by atoms with E-state index < -0.39 is 0 Å². The lowest BCUT2D eigenvalue weighted by molar-refractivity contribution is 0.0993. The fraction of sp³-hybridized carbons (Fsp3) is 0.133. The maximum Gasteiger partial charge on any atom is 0.168 e. The van der Waals surface area contributed by atoms with Gasteiger partial charge in [-0.05, 0) is 58.2 Å². The predicted octanol–water partition coefficient (Wildman–Crippen LogP) is 4.98. The van der Waals surface area contributed by atoms with Crippen LogP contribution in [0.25, 0.3) is 0 Å². The molecule has 0 aromatic heterocycles. The Bertz CT molecular complexity index is 640. The SMILES string of the molecule is Cc1ccc(F)cc1CC(=O)c1cccc(Br)c1Cl. The molecule has 0 amide bonds. The van der Waals surface area contributed by atoms with E-state index in [1.165, 1.54) is 12.1 Å². The number of aryl methyl sites for hydroxylation is 1. The van der Waals surface area contributed by atoms with E-state index in [2.05, 4.69) is 15.9 Å². The van der Waals surface area contributed by atoms with E-state index in [0.29, 0.717) is 20.6 Å². The molecular weight excluding hydrogens is 331 g/mol. The van der Waals surface area contributed by atoms with Gasteiger partial charge < -0.3 is 0 Å². The number of carbonyl (C=O) groups excluding carboxylic acids is 1. The minimum atomic E-state index is -0.339. The van der Waals surface area contributed by atoms with Crippen molar-refractivity contribution in [2.75, 3.05) is 0 Å². The van der Waals surface area contributed by atoms with Gasteiger partial charge in [-0.25, -0.2) is 4.39 Å². The third-order valence-corrected chi connectivity index (χ3v) is 4.21. The first-order chi connectivity index (χ1) is 8.99. The molecule has 2 aromatic rings. The number of rotatable bonds is 3. The highest BCUT2D eigenvalue weighted by Gasteiger charge is 2.14. The van der Waals surface area contributed by atoms with Crippen LogP contribution >= 0.6 is 27.5 Å². The average molecular weight is 342 g/mol. The molecule has 0 bridgehead atoms. The molecular formula is C15H11BrClFO. The molecule has 0 aliphatic heterocycles. The van der Waals surface area contributed by atoms with Crippen LogP contribution in [0.3, 0.4) is 0 Å². The van der Waals surface area contributed by atoms with E-state index in [1.807, 2.05) is 6.92 Å². The molecule has 0 aliphatic rings. The van der Waals surface area contributed by atoms with Crippen LogP contribution in [0, 0.1) is 12.7 Å². The molecule has 19 heavy (non-hydrogen) atoms. The van der Waals surface area contributed by atoms with Gasteiger partial charge in [-0.1, -0.05) is 23.7 Å². The first-order valence-electron chi connectivity index (χ1n) is 5.71. The second kappa shape index (κ2) is 5.85. The summed E-state index contributed by atoms with van der Waals surface area (Å²) in [5, 5.41) is 0.390. The predicted molar refractivity (Wildman–Crippen MR) is 78.3 cm³/mol. The van der Waals surface area contributed by atoms with Crippen molar-refractivity contribution in [3.8, 4) is 0 Å². The zero-order valence-corrected chi connectivity index (χ0v) is 12.6. The fourth-order valence-electron chi connectivity index (χ4n) is 1.82. The Hall–Kier alpha value is -1.19. The van der Waals surface area contributed by atoms with E-state index in [4.69, 9.17) is 11.6 Å². The number of hydrogen-bond acceptors (Lipinski definition) is 1. The maximum atomic E-state index is 13.2. The van der Waals surface area contributed by atoms with Crippen molar-refractivity contribution in [1.82, 2.24) is 0 Å². The molecule has 0 saturated carbocycles. The molecule has 0 unspecified atom stereocenters. The molecule has 0 spiro atoms. The minimum absolute atomic E-state index is 0.125. The van der Waals surface area contributed by atoms with Gasteiger partial charge in [-0.3, -0.25) is 4.79 Å². The highest BCUT2D eigenvalue weighted by molar-refractivity contribution is 9.10. The van der Waals surface area contributed by atoms with Gasteiger partial charge in [0.15, 0.2) is 5.78 Å². The molecule has 0 heterocycles. The van der Waals surface area contributed by atoms with Crippen molar-refractivity contribution in [2.24, 2.45) is 0 Å². The van der Waals surface area contributed by atoms with Crippen LogP contribution in [0.15, 0.2) is 40.9 Å². The van der Waals surface area contributed by atoms with Crippen LogP contribution in [0.5, 0.6) is 0 Å². The van der Waals surface area contributed by atoms with Gasteiger partial charge >= 0.3 is 0 Å². The van der Waals surface area contributed by atoms with Crippen LogP contribution in [0.4, 0.5) is 4.39 Å². The van der Waals surface area contributed by atoms with Gasteiger partial charge in [0.05, 0.1) is 5.02 Å². The summed E-state index contributed by atoms with van der Waals surface area (Å²) in [6.45, 7) is 1.85. The topological polar surface area (TPSA) is 17.1 Å². The molecule has 2 rings (SSSR count). The third-order valence-electron chi connectivity index (χ3n) is 2.91. The summed E-state index contributed by atoms with van der Waals surface area (Å²) in [7, 11) is 0. The number of carbonyl (C=O) groups is 1. The maximum absolute atomic E-state index is 13.2. The Kier molecular flexibility index (Phi) is 4.38. The molecule has 0 fully saturated rings. The number of halogens is 3. The standard InChI is InChI=1S/C15H11BrClFO/c1-9-5-6-11(18)7-10(9)8-14(19)12-3-2-4-13(16)15(12)17/h2-7H,8H2,1H3. The molecule has 0 atom stereocenters. The molecule has 0 saturated heterocycles. The summed E-state index contributed by atoms with van der Waals surface area (Å²) in [5.41, 5.74) is 2.02. The highest BCUT2D eigenvalue weighted by atomic mass is 79.9. The van der Waals surface area contributed by atoms with Gasteiger partial charge in [-0.15, -0.1) is 0 Å². The summed E-state index contributed by atoms with van der Waals surface area (Å²) in [6, 6.07) is 9.63. The Morgan fingerprint density at radius 2 is 2.05 bits per heavy atom. The van der Waals surface area contributed by atoms with E-state index in [1.54, 1.807) is 24.3 Å². The van der Waals surface area contributed by atoms with Crippen LogP contribution in [0.1, 0.15) is 21.5 Å². The molecule has 4 heteroatoms. The van der Waals surface area contributed by atoms with Crippen LogP contribution in [-0.4, -0.2) is 5.78 Å². The lowest BCUT2D eigenvalue weighted by atomic mass is 9.99. The van der Waals surface area contributed by atoms with E-state index in [-0.39, 0.29) is 18.0 Å².